The Bertz CT molecular complexity index is 220. The molecule has 1 heterocycles. The van der Waals surface area contributed by atoms with E-state index in [-0.39, 0.29) is 0 Å². The Labute approximate surface area is 98.6 Å². The molecule has 3 heteroatoms. The third-order valence-electron chi connectivity index (χ3n) is 3.94. The zero-order valence-corrected chi connectivity index (χ0v) is 10.2. The predicted octanol–water partition coefficient (Wildman–Crippen LogP) is 1.78. The smallest absolute Gasteiger partial charge is 0.236 e. The lowest BCUT2D eigenvalue weighted by Crippen LogP contribution is -2.41. The molecule has 1 aliphatic heterocycles. The SMILES string of the molecule is O=C(CNCCC1CCC1)N1CCCCC1. The molecule has 1 saturated carbocycles. The summed E-state index contributed by atoms with van der Waals surface area (Å²) in [4.78, 5) is 13.8. The standard InChI is InChI=1S/C13H24N2O/c16-13(15-9-2-1-3-10-15)11-14-8-7-12-5-4-6-12/h12,14H,1-11H2. The second kappa shape index (κ2) is 6.24. The van der Waals surface area contributed by atoms with Crippen LogP contribution in [0.3, 0.4) is 0 Å². The van der Waals surface area contributed by atoms with E-state index in [1.54, 1.807) is 0 Å². The molecule has 2 fully saturated rings. The van der Waals surface area contributed by atoms with Crippen LogP contribution in [0.5, 0.6) is 0 Å². The highest BCUT2D eigenvalue weighted by Gasteiger charge is 2.18. The van der Waals surface area contributed by atoms with Gasteiger partial charge in [0.1, 0.15) is 0 Å². The Morgan fingerprint density at radius 1 is 1.12 bits per heavy atom. The molecule has 0 spiro atoms. The van der Waals surface area contributed by atoms with E-state index in [1.807, 2.05) is 4.90 Å². The molecule has 0 aromatic heterocycles. The van der Waals surface area contributed by atoms with Crippen LogP contribution in [0.2, 0.25) is 0 Å². The number of amides is 1. The van der Waals surface area contributed by atoms with Crippen LogP contribution >= 0.6 is 0 Å². The molecule has 0 atom stereocenters. The number of nitrogens with zero attached hydrogens (tertiary/aromatic N) is 1. The zero-order chi connectivity index (χ0) is 11.2. The first-order chi connectivity index (χ1) is 7.86. The molecule has 92 valence electrons. The van der Waals surface area contributed by atoms with Crippen LogP contribution in [0, 0.1) is 5.92 Å². The van der Waals surface area contributed by atoms with Crippen LogP contribution in [0.4, 0.5) is 0 Å². The maximum Gasteiger partial charge on any atom is 0.236 e. The van der Waals surface area contributed by atoms with Crippen molar-refractivity contribution in [3.05, 3.63) is 0 Å². The van der Waals surface area contributed by atoms with Crippen molar-refractivity contribution in [2.45, 2.75) is 44.9 Å². The van der Waals surface area contributed by atoms with Crippen molar-refractivity contribution in [2.24, 2.45) is 5.92 Å². The third kappa shape index (κ3) is 3.48. The van der Waals surface area contributed by atoms with Crippen LogP contribution in [-0.2, 0) is 4.79 Å². The Kier molecular flexibility index (Phi) is 4.64. The van der Waals surface area contributed by atoms with Gasteiger partial charge in [-0.15, -0.1) is 0 Å². The molecule has 0 bridgehead atoms. The lowest BCUT2D eigenvalue weighted by Gasteiger charge is -2.27. The van der Waals surface area contributed by atoms with Crippen molar-refractivity contribution in [2.75, 3.05) is 26.2 Å². The fraction of sp³-hybridized carbons (Fsp3) is 0.923. The Balaban J connectivity index is 1.52. The highest BCUT2D eigenvalue weighted by molar-refractivity contribution is 5.78. The number of piperidine rings is 1. The fourth-order valence-corrected chi connectivity index (χ4v) is 2.54. The van der Waals surface area contributed by atoms with E-state index in [0.717, 1.165) is 25.6 Å². The number of likely N-dealkylation sites (tertiary alicyclic amines) is 1. The number of hydrogen-bond donors (Lipinski definition) is 1. The van der Waals surface area contributed by atoms with E-state index >= 15 is 0 Å². The van der Waals surface area contributed by atoms with Gasteiger partial charge in [0.05, 0.1) is 6.54 Å². The van der Waals surface area contributed by atoms with Gasteiger partial charge in [-0.25, -0.2) is 0 Å². The molecular formula is C13H24N2O. The third-order valence-corrected chi connectivity index (χ3v) is 3.94. The first kappa shape index (κ1) is 11.9. The number of carbonyl (C=O) groups is 1. The lowest BCUT2D eigenvalue weighted by atomic mass is 9.83. The summed E-state index contributed by atoms with van der Waals surface area (Å²) in [5.74, 6) is 1.24. The minimum absolute atomic E-state index is 0.299. The number of nitrogens with one attached hydrogen (secondary N) is 1. The molecule has 0 aromatic rings. The van der Waals surface area contributed by atoms with Gasteiger partial charge in [0.15, 0.2) is 0 Å². The molecule has 1 saturated heterocycles. The quantitative estimate of drug-likeness (QED) is 0.722. The van der Waals surface area contributed by atoms with Crippen molar-refractivity contribution in [3.63, 3.8) is 0 Å². The van der Waals surface area contributed by atoms with Crippen LogP contribution < -0.4 is 5.32 Å². The fourth-order valence-electron chi connectivity index (χ4n) is 2.54. The number of carbonyl (C=O) groups excluding carboxylic acids is 1. The van der Waals surface area contributed by atoms with Crippen LogP contribution in [-0.4, -0.2) is 37.0 Å². The van der Waals surface area contributed by atoms with E-state index in [1.165, 1.54) is 44.9 Å². The molecule has 1 aliphatic carbocycles. The van der Waals surface area contributed by atoms with Crippen molar-refractivity contribution >= 4 is 5.91 Å². The van der Waals surface area contributed by atoms with Gasteiger partial charge in [-0.1, -0.05) is 19.3 Å². The molecule has 0 aromatic carbocycles. The number of hydrogen-bond acceptors (Lipinski definition) is 2. The Hall–Kier alpha value is -0.570. The normalized spacial score (nSPS) is 21.9. The summed E-state index contributed by atoms with van der Waals surface area (Å²) in [7, 11) is 0. The molecule has 3 nitrogen and oxygen atoms in total. The number of rotatable bonds is 5. The van der Waals surface area contributed by atoms with Gasteiger partial charge in [0.25, 0.3) is 0 Å². The summed E-state index contributed by atoms with van der Waals surface area (Å²) in [6, 6.07) is 0. The summed E-state index contributed by atoms with van der Waals surface area (Å²) >= 11 is 0. The average molecular weight is 224 g/mol. The summed E-state index contributed by atoms with van der Waals surface area (Å²) < 4.78 is 0. The first-order valence-electron chi connectivity index (χ1n) is 6.85. The van der Waals surface area contributed by atoms with E-state index in [4.69, 9.17) is 0 Å². The largest absolute Gasteiger partial charge is 0.342 e. The molecule has 2 rings (SSSR count). The first-order valence-corrected chi connectivity index (χ1v) is 6.85. The molecule has 16 heavy (non-hydrogen) atoms. The zero-order valence-electron chi connectivity index (χ0n) is 10.2. The van der Waals surface area contributed by atoms with Gasteiger partial charge in [-0.3, -0.25) is 4.79 Å². The topological polar surface area (TPSA) is 32.3 Å². The van der Waals surface area contributed by atoms with Gasteiger partial charge in [-0.05, 0) is 38.1 Å². The van der Waals surface area contributed by atoms with Crippen molar-refractivity contribution in [3.8, 4) is 0 Å². The second-order valence-corrected chi connectivity index (χ2v) is 5.20. The van der Waals surface area contributed by atoms with E-state index in [9.17, 15) is 4.79 Å². The maximum absolute atomic E-state index is 11.8. The summed E-state index contributed by atoms with van der Waals surface area (Å²) in [6.07, 6.45) is 9.15. The molecule has 0 unspecified atom stereocenters. The summed E-state index contributed by atoms with van der Waals surface area (Å²) in [5.41, 5.74) is 0. The van der Waals surface area contributed by atoms with Gasteiger partial charge in [-0.2, -0.15) is 0 Å². The lowest BCUT2D eigenvalue weighted by molar-refractivity contribution is -0.131. The van der Waals surface area contributed by atoms with E-state index < -0.39 is 0 Å². The van der Waals surface area contributed by atoms with E-state index in [2.05, 4.69) is 5.32 Å². The van der Waals surface area contributed by atoms with Crippen molar-refractivity contribution < 1.29 is 4.79 Å². The van der Waals surface area contributed by atoms with Crippen molar-refractivity contribution in [1.29, 1.82) is 0 Å². The maximum atomic E-state index is 11.8. The highest BCUT2D eigenvalue weighted by Crippen LogP contribution is 2.28. The summed E-state index contributed by atoms with van der Waals surface area (Å²) in [5, 5.41) is 3.29. The van der Waals surface area contributed by atoms with Crippen LogP contribution in [0.25, 0.3) is 0 Å². The van der Waals surface area contributed by atoms with Crippen LogP contribution in [0.15, 0.2) is 0 Å². The summed E-state index contributed by atoms with van der Waals surface area (Å²) in [6.45, 7) is 3.52. The molecular weight excluding hydrogens is 200 g/mol. The predicted molar refractivity (Wildman–Crippen MR) is 65.3 cm³/mol. The minimum Gasteiger partial charge on any atom is -0.342 e. The van der Waals surface area contributed by atoms with Gasteiger partial charge in [0.2, 0.25) is 5.91 Å². The highest BCUT2D eigenvalue weighted by atomic mass is 16.2. The monoisotopic (exact) mass is 224 g/mol. The molecule has 0 radical (unpaired) electrons. The Morgan fingerprint density at radius 3 is 2.50 bits per heavy atom. The minimum atomic E-state index is 0.299. The van der Waals surface area contributed by atoms with Gasteiger partial charge in [0, 0.05) is 13.1 Å². The van der Waals surface area contributed by atoms with E-state index in [0.29, 0.717) is 12.5 Å². The van der Waals surface area contributed by atoms with Gasteiger partial charge >= 0.3 is 0 Å². The Morgan fingerprint density at radius 2 is 1.88 bits per heavy atom. The molecule has 2 aliphatic rings. The average Bonchev–Trinajstić information content (AvgIpc) is 2.27. The molecule has 1 N–H and O–H groups in total. The molecule has 1 amide bonds. The van der Waals surface area contributed by atoms with Crippen LogP contribution in [0.1, 0.15) is 44.9 Å². The second-order valence-electron chi connectivity index (χ2n) is 5.20. The van der Waals surface area contributed by atoms with Crippen molar-refractivity contribution in [1.82, 2.24) is 10.2 Å². The van der Waals surface area contributed by atoms with Gasteiger partial charge < -0.3 is 10.2 Å².